The van der Waals surface area contributed by atoms with Gasteiger partial charge in [0.1, 0.15) is 0 Å². The fourth-order valence-electron chi connectivity index (χ4n) is 1.49. The number of rotatable bonds is 8. The van der Waals surface area contributed by atoms with Gasteiger partial charge in [0.25, 0.3) is 0 Å². The van der Waals surface area contributed by atoms with Crippen LogP contribution in [0.4, 0.5) is 0 Å². The van der Waals surface area contributed by atoms with Crippen LogP contribution < -0.4 is 5.43 Å². The summed E-state index contributed by atoms with van der Waals surface area (Å²) < 4.78 is 4.80. The van der Waals surface area contributed by atoms with Crippen molar-refractivity contribution in [3.8, 4) is 0 Å². The summed E-state index contributed by atoms with van der Waals surface area (Å²) in [5.41, 5.74) is 4.14. The Morgan fingerprint density at radius 2 is 2.00 bits per heavy atom. The average molecular weight is 308 g/mol. The van der Waals surface area contributed by atoms with E-state index in [1.54, 1.807) is 13.8 Å². The number of amides is 1. The molecule has 0 saturated heterocycles. The molecule has 21 heavy (non-hydrogen) atoms. The van der Waals surface area contributed by atoms with Gasteiger partial charge in [-0.05, 0) is 19.4 Å². The number of ether oxygens (including phenoxy) is 1. The molecular formula is C15H20N2O3S. The van der Waals surface area contributed by atoms with E-state index in [9.17, 15) is 9.59 Å². The molecule has 0 saturated carbocycles. The van der Waals surface area contributed by atoms with E-state index in [-0.39, 0.29) is 18.3 Å². The van der Waals surface area contributed by atoms with Crippen molar-refractivity contribution in [3.05, 3.63) is 35.9 Å². The first-order valence-electron chi connectivity index (χ1n) is 6.71. The highest BCUT2D eigenvalue weighted by Gasteiger charge is 2.05. The van der Waals surface area contributed by atoms with Crippen LogP contribution >= 0.6 is 11.8 Å². The molecular weight excluding hydrogens is 288 g/mol. The second kappa shape index (κ2) is 9.99. The van der Waals surface area contributed by atoms with Gasteiger partial charge in [-0.1, -0.05) is 30.3 Å². The highest BCUT2D eigenvalue weighted by Crippen LogP contribution is 2.10. The minimum atomic E-state index is -0.341. The van der Waals surface area contributed by atoms with Crippen LogP contribution in [-0.2, 0) is 20.1 Å². The Balaban J connectivity index is 2.22. The van der Waals surface area contributed by atoms with E-state index in [0.29, 0.717) is 18.1 Å². The minimum Gasteiger partial charge on any atom is -0.466 e. The SMILES string of the molecule is CCOC(=O)C/C(C)=N\NC(=O)CSCc1ccccc1. The van der Waals surface area contributed by atoms with Crippen molar-refractivity contribution >= 4 is 29.4 Å². The molecule has 1 aromatic carbocycles. The van der Waals surface area contributed by atoms with Crippen LogP contribution in [0.2, 0.25) is 0 Å². The highest BCUT2D eigenvalue weighted by molar-refractivity contribution is 7.99. The van der Waals surface area contributed by atoms with Crippen LogP contribution in [-0.4, -0.2) is 29.9 Å². The van der Waals surface area contributed by atoms with E-state index in [0.717, 1.165) is 5.75 Å². The summed E-state index contributed by atoms with van der Waals surface area (Å²) in [5.74, 6) is 0.579. The van der Waals surface area contributed by atoms with E-state index in [1.165, 1.54) is 17.3 Å². The van der Waals surface area contributed by atoms with E-state index in [1.807, 2.05) is 30.3 Å². The fraction of sp³-hybridized carbons (Fsp3) is 0.400. The molecule has 1 amide bonds. The van der Waals surface area contributed by atoms with Crippen molar-refractivity contribution in [1.29, 1.82) is 0 Å². The summed E-state index contributed by atoms with van der Waals surface area (Å²) in [6.45, 7) is 3.76. The molecule has 0 fully saturated rings. The quantitative estimate of drug-likeness (QED) is 0.455. The van der Waals surface area contributed by atoms with E-state index >= 15 is 0 Å². The van der Waals surface area contributed by atoms with Crippen LogP contribution in [0.3, 0.4) is 0 Å². The van der Waals surface area contributed by atoms with E-state index < -0.39 is 0 Å². The molecule has 6 heteroatoms. The zero-order valence-corrected chi connectivity index (χ0v) is 13.1. The van der Waals surface area contributed by atoms with E-state index in [4.69, 9.17) is 4.74 Å². The van der Waals surface area contributed by atoms with Crippen molar-refractivity contribution in [2.75, 3.05) is 12.4 Å². The third-order valence-corrected chi connectivity index (χ3v) is 3.43. The second-order valence-electron chi connectivity index (χ2n) is 4.34. The molecule has 0 atom stereocenters. The standard InChI is InChI=1S/C15H20N2O3S/c1-3-20-15(19)9-12(2)16-17-14(18)11-21-10-13-7-5-4-6-8-13/h4-8H,3,9-11H2,1-2H3,(H,17,18)/b16-12-. The van der Waals surface area contributed by atoms with Gasteiger partial charge in [0.2, 0.25) is 5.91 Å². The fourth-order valence-corrected chi connectivity index (χ4v) is 2.27. The van der Waals surface area contributed by atoms with Gasteiger partial charge in [0.15, 0.2) is 0 Å². The molecule has 0 bridgehead atoms. The Hall–Kier alpha value is -1.82. The number of thioether (sulfide) groups is 1. The normalized spacial score (nSPS) is 11.0. The summed E-state index contributed by atoms with van der Waals surface area (Å²) >= 11 is 1.52. The first kappa shape index (κ1) is 17.2. The molecule has 1 N–H and O–H groups in total. The van der Waals surface area contributed by atoms with Gasteiger partial charge >= 0.3 is 5.97 Å². The maximum Gasteiger partial charge on any atom is 0.311 e. The molecule has 0 aliphatic heterocycles. The van der Waals surface area contributed by atoms with Gasteiger partial charge in [-0.3, -0.25) is 9.59 Å². The van der Waals surface area contributed by atoms with Gasteiger partial charge in [-0.25, -0.2) is 5.43 Å². The molecule has 0 aliphatic carbocycles. The number of carbonyl (C=O) groups is 2. The zero-order valence-electron chi connectivity index (χ0n) is 12.3. The number of carbonyl (C=O) groups excluding carboxylic acids is 2. The van der Waals surface area contributed by atoms with Gasteiger partial charge in [-0.15, -0.1) is 11.8 Å². The lowest BCUT2D eigenvalue weighted by atomic mass is 10.2. The lowest BCUT2D eigenvalue weighted by Gasteiger charge is -2.03. The predicted molar refractivity (Wildman–Crippen MR) is 85.1 cm³/mol. The van der Waals surface area contributed by atoms with Crippen molar-refractivity contribution in [2.24, 2.45) is 5.10 Å². The van der Waals surface area contributed by atoms with Gasteiger partial charge in [0, 0.05) is 11.5 Å². The first-order valence-corrected chi connectivity index (χ1v) is 7.86. The summed E-state index contributed by atoms with van der Waals surface area (Å²) in [5, 5.41) is 3.87. The molecule has 0 spiro atoms. The number of benzene rings is 1. The molecule has 0 radical (unpaired) electrons. The maximum absolute atomic E-state index is 11.6. The molecule has 1 rings (SSSR count). The summed E-state index contributed by atoms with van der Waals surface area (Å²) in [4.78, 5) is 22.8. The molecule has 114 valence electrons. The molecule has 1 aromatic rings. The number of nitrogens with zero attached hydrogens (tertiary/aromatic N) is 1. The highest BCUT2D eigenvalue weighted by atomic mass is 32.2. The summed E-state index contributed by atoms with van der Waals surface area (Å²) in [7, 11) is 0. The monoisotopic (exact) mass is 308 g/mol. The number of hydrogen-bond donors (Lipinski definition) is 1. The second-order valence-corrected chi connectivity index (χ2v) is 5.33. The number of hydrogen-bond acceptors (Lipinski definition) is 5. The van der Waals surface area contributed by atoms with Crippen LogP contribution in [0.5, 0.6) is 0 Å². The van der Waals surface area contributed by atoms with Crippen LogP contribution in [0, 0.1) is 0 Å². The predicted octanol–water partition coefficient (Wildman–Crippen LogP) is 2.37. The molecule has 0 aromatic heterocycles. The lowest BCUT2D eigenvalue weighted by molar-refractivity contribution is -0.141. The van der Waals surface area contributed by atoms with Crippen molar-refractivity contribution in [1.82, 2.24) is 5.43 Å². The minimum absolute atomic E-state index is 0.0886. The van der Waals surface area contributed by atoms with Gasteiger partial charge in [-0.2, -0.15) is 5.10 Å². The Bertz CT molecular complexity index is 489. The Kier molecular flexibility index (Phi) is 8.19. The zero-order chi connectivity index (χ0) is 15.5. The molecule has 0 heterocycles. The molecule has 0 aliphatic rings. The number of hydrazone groups is 1. The summed E-state index contributed by atoms with van der Waals surface area (Å²) in [6.07, 6.45) is 0.0886. The van der Waals surface area contributed by atoms with E-state index in [2.05, 4.69) is 10.5 Å². The van der Waals surface area contributed by atoms with Crippen molar-refractivity contribution in [3.63, 3.8) is 0 Å². The first-order chi connectivity index (χ1) is 10.1. The van der Waals surface area contributed by atoms with Crippen LogP contribution in [0.1, 0.15) is 25.8 Å². The van der Waals surface area contributed by atoms with Gasteiger partial charge < -0.3 is 4.74 Å². The largest absolute Gasteiger partial charge is 0.466 e. The Morgan fingerprint density at radius 1 is 1.29 bits per heavy atom. The molecule has 5 nitrogen and oxygen atoms in total. The third kappa shape index (κ3) is 8.14. The Labute approximate surface area is 129 Å². The third-order valence-electron chi connectivity index (χ3n) is 2.42. The topological polar surface area (TPSA) is 67.8 Å². The number of esters is 1. The van der Waals surface area contributed by atoms with Gasteiger partial charge in [0.05, 0.1) is 18.8 Å². The molecule has 0 unspecified atom stereocenters. The Morgan fingerprint density at radius 3 is 2.67 bits per heavy atom. The van der Waals surface area contributed by atoms with Crippen LogP contribution in [0.15, 0.2) is 35.4 Å². The summed E-state index contributed by atoms with van der Waals surface area (Å²) in [6, 6.07) is 9.94. The van der Waals surface area contributed by atoms with Crippen molar-refractivity contribution < 1.29 is 14.3 Å². The number of nitrogens with one attached hydrogen (secondary N) is 1. The van der Waals surface area contributed by atoms with Crippen LogP contribution in [0.25, 0.3) is 0 Å². The maximum atomic E-state index is 11.6. The lowest BCUT2D eigenvalue weighted by Crippen LogP contribution is -2.22. The smallest absolute Gasteiger partial charge is 0.311 e. The average Bonchev–Trinajstić information content (AvgIpc) is 2.46. The van der Waals surface area contributed by atoms with Crippen molar-refractivity contribution in [2.45, 2.75) is 26.0 Å².